The topological polar surface area (TPSA) is 98.1 Å². The van der Waals surface area contributed by atoms with E-state index in [4.69, 9.17) is 27.9 Å². The summed E-state index contributed by atoms with van der Waals surface area (Å²) in [4.78, 5) is 23.2. The lowest BCUT2D eigenvalue weighted by Gasteiger charge is -2.27. The van der Waals surface area contributed by atoms with E-state index in [2.05, 4.69) is 30.5 Å². The molecule has 0 atom stereocenters. The Labute approximate surface area is 199 Å². The molecule has 5 rings (SSSR count). The molecule has 4 aromatic rings. The Balaban J connectivity index is 1.33. The summed E-state index contributed by atoms with van der Waals surface area (Å²) < 4.78 is 7.11. The average molecular weight is 484 g/mol. The first-order valence-corrected chi connectivity index (χ1v) is 11.1. The maximum Gasteiger partial charge on any atom is 0.255 e. The van der Waals surface area contributed by atoms with Gasteiger partial charge in [-0.25, -0.2) is 4.68 Å². The number of carbonyl (C=O) groups excluding carboxylic acids is 1. The molecule has 0 bridgehead atoms. The van der Waals surface area contributed by atoms with Crippen LogP contribution in [0.15, 0.2) is 48.5 Å². The smallest absolute Gasteiger partial charge is 0.255 e. The van der Waals surface area contributed by atoms with Crippen molar-refractivity contribution < 1.29 is 9.53 Å². The van der Waals surface area contributed by atoms with Crippen molar-refractivity contribution in [2.75, 3.05) is 36.5 Å². The number of halogens is 2. The van der Waals surface area contributed by atoms with Gasteiger partial charge in [0, 0.05) is 29.4 Å². The van der Waals surface area contributed by atoms with Gasteiger partial charge in [-0.05, 0) is 53.6 Å². The summed E-state index contributed by atoms with van der Waals surface area (Å²) in [5.74, 6) is 0.462. The van der Waals surface area contributed by atoms with Crippen molar-refractivity contribution >= 4 is 51.8 Å². The summed E-state index contributed by atoms with van der Waals surface area (Å²) in [6.45, 7) is 3.10. The van der Waals surface area contributed by atoms with E-state index in [-0.39, 0.29) is 11.2 Å². The van der Waals surface area contributed by atoms with Crippen LogP contribution >= 0.6 is 23.2 Å². The number of rotatable bonds is 5. The molecular weight excluding hydrogens is 465 g/mol. The SMILES string of the molecule is O=C(Nc1ccc(Cn2nnc3c(N4CCOCC4)nc(Cl)nc32)cc1)c1ccc(Cl)cc1. The number of anilines is 2. The number of aromatic nitrogens is 5. The van der Waals surface area contributed by atoms with Gasteiger partial charge in [-0.15, -0.1) is 5.10 Å². The molecule has 11 heteroatoms. The lowest BCUT2D eigenvalue weighted by Crippen LogP contribution is -2.37. The van der Waals surface area contributed by atoms with Crippen LogP contribution in [0.5, 0.6) is 0 Å². The van der Waals surface area contributed by atoms with Crippen LogP contribution in [0.1, 0.15) is 15.9 Å². The van der Waals surface area contributed by atoms with Crippen LogP contribution in [0.2, 0.25) is 10.3 Å². The second kappa shape index (κ2) is 9.30. The van der Waals surface area contributed by atoms with E-state index in [9.17, 15) is 4.79 Å². The van der Waals surface area contributed by atoms with Crippen molar-refractivity contribution in [3.8, 4) is 0 Å². The van der Waals surface area contributed by atoms with Gasteiger partial charge in [0.1, 0.15) is 0 Å². The molecule has 0 saturated carbocycles. The van der Waals surface area contributed by atoms with Gasteiger partial charge in [0.25, 0.3) is 5.91 Å². The molecule has 9 nitrogen and oxygen atoms in total. The number of fused-ring (bicyclic) bond motifs is 1. The molecule has 1 N–H and O–H groups in total. The number of carbonyl (C=O) groups is 1. The average Bonchev–Trinajstić information content (AvgIpc) is 3.23. The number of hydrogen-bond acceptors (Lipinski definition) is 7. The van der Waals surface area contributed by atoms with Gasteiger partial charge >= 0.3 is 0 Å². The fourth-order valence-electron chi connectivity index (χ4n) is 3.59. The van der Waals surface area contributed by atoms with Crippen molar-refractivity contribution in [3.05, 3.63) is 70.0 Å². The second-order valence-electron chi connectivity index (χ2n) is 7.49. The summed E-state index contributed by atoms with van der Waals surface area (Å²) in [5.41, 5.74) is 3.35. The Bertz CT molecular complexity index is 1290. The third-order valence-corrected chi connectivity index (χ3v) is 5.70. The molecule has 168 valence electrons. The number of morpholine rings is 1. The van der Waals surface area contributed by atoms with Gasteiger partial charge in [-0.1, -0.05) is 28.9 Å². The van der Waals surface area contributed by atoms with Gasteiger partial charge in [0.2, 0.25) is 5.28 Å². The number of amides is 1. The largest absolute Gasteiger partial charge is 0.378 e. The molecule has 1 saturated heterocycles. The van der Waals surface area contributed by atoms with Crippen LogP contribution in [0, 0.1) is 0 Å². The quantitative estimate of drug-likeness (QED) is 0.432. The second-order valence-corrected chi connectivity index (χ2v) is 8.27. The Morgan fingerprint density at radius 2 is 1.73 bits per heavy atom. The Morgan fingerprint density at radius 1 is 1.00 bits per heavy atom. The zero-order chi connectivity index (χ0) is 22.8. The van der Waals surface area contributed by atoms with Crippen molar-refractivity contribution in [3.63, 3.8) is 0 Å². The van der Waals surface area contributed by atoms with Crippen molar-refractivity contribution in [2.24, 2.45) is 0 Å². The number of hydrogen-bond donors (Lipinski definition) is 1. The van der Waals surface area contributed by atoms with Crippen LogP contribution in [-0.4, -0.2) is 57.2 Å². The van der Waals surface area contributed by atoms with Gasteiger partial charge in [0.05, 0.1) is 19.8 Å². The summed E-state index contributed by atoms with van der Waals surface area (Å²) >= 11 is 12.1. The van der Waals surface area contributed by atoms with Crippen LogP contribution in [0.4, 0.5) is 11.5 Å². The zero-order valence-electron chi connectivity index (χ0n) is 17.4. The molecule has 3 heterocycles. The van der Waals surface area contributed by atoms with Crippen LogP contribution in [0.25, 0.3) is 11.2 Å². The van der Waals surface area contributed by atoms with Crippen LogP contribution < -0.4 is 10.2 Å². The molecule has 0 spiro atoms. The number of nitrogens with zero attached hydrogens (tertiary/aromatic N) is 6. The zero-order valence-corrected chi connectivity index (χ0v) is 18.9. The summed E-state index contributed by atoms with van der Waals surface area (Å²) in [7, 11) is 0. The van der Waals surface area contributed by atoms with E-state index in [0.717, 1.165) is 5.56 Å². The Morgan fingerprint density at radius 3 is 2.45 bits per heavy atom. The minimum atomic E-state index is -0.205. The molecule has 2 aromatic carbocycles. The molecule has 1 aliphatic heterocycles. The summed E-state index contributed by atoms with van der Waals surface area (Å²) in [6, 6.07) is 14.2. The van der Waals surface area contributed by atoms with Crippen molar-refractivity contribution in [1.82, 2.24) is 25.0 Å². The molecule has 2 aromatic heterocycles. The van der Waals surface area contributed by atoms with Crippen LogP contribution in [0.3, 0.4) is 0 Å². The normalized spacial score (nSPS) is 13.9. The van der Waals surface area contributed by atoms with Gasteiger partial charge in [-0.2, -0.15) is 9.97 Å². The minimum absolute atomic E-state index is 0.146. The lowest BCUT2D eigenvalue weighted by atomic mass is 10.2. The molecule has 1 aliphatic rings. The predicted molar refractivity (Wildman–Crippen MR) is 126 cm³/mol. The van der Waals surface area contributed by atoms with E-state index in [1.165, 1.54) is 0 Å². The van der Waals surface area contributed by atoms with Crippen molar-refractivity contribution in [1.29, 1.82) is 0 Å². The third kappa shape index (κ3) is 4.75. The number of benzene rings is 2. The Hall–Kier alpha value is -3.27. The molecule has 1 amide bonds. The minimum Gasteiger partial charge on any atom is -0.378 e. The summed E-state index contributed by atoms with van der Waals surface area (Å²) in [6.07, 6.45) is 0. The maximum atomic E-state index is 12.4. The van der Waals surface area contributed by atoms with Crippen LogP contribution in [-0.2, 0) is 11.3 Å². The van der Waals surface area contributed by atoms with Crippen molar-refractivity contribution in [2.45, 2.75) is 6.54 Å². The van der Waals surface area contributed by atoms with Gasteiger partial charge < -0.3 is 15.0 Å². The first-order valence-electron chi connectivity index (χ1n) is 10.3. The van der Waals surface area contributed by atoms with E-state index in [1.54, 1.807) is 28.9 Å². The highest BCUT2D eigenvalue weighted by atomic mass is 35.5. The fourth-order valence-corrected chi connectivity index (χ4v) is 3.88. The lowest BCUT2D eigenvalue weighted by molar-refractivity contribution is 0.102. The first-order chi connectivity index (χ1) is 16.1. The molecule has 0 aliphatic carbocycles. The van der Waals surface area contributed by atoms with E-state index < -0.39 is 0 Å². The molecule has 1 fully saturated rings. The highest BCUT2D eigenvalue weighted by Crippen LogP contribution is 2.25. The highest BCUT2D eigenvalue weighted by molar-refractivity contribution is 6.30. The van der Waals surface area contributed by atoms with E-state index >= 15 is 0 Å². The number of nitrogens with one attached hydrogen (secondary N) is 1. The van der Waals surface area contributed by atoms with E-state index in [0.29, 0.717) is 66.1 Å². The first kappa shape index (κ1) is 21.6. The van der Waals surface area contributed by atoms with Gasteiger partial charge in [0.15, 0.2) is 17.0 Å². The molecular formula is C22H19Cl2N7O2. The fraction of sp³-hybridized carbons (Fsp3) is 0.227. The molecule has 0 radical (unpaired) electrons. The van der Waals surface area contributed by atoms with Gasteiger partial charge in [-0.3, -0.25) is 4.79 Å². The highest BCUT2D eigenvalue weighted by Gasteiger charge is 2.21. The van der Waals surface area contributed by atoms with E-state index in [1.807, 2.05) is 24.3 Å². The maximum absolute atomic E-state index is 12.4. The standard InChI is InChI=1S/C22H19Cl2N7O2/c23-16-5-3-15(4-6-16)21(32)25-17-7-1-14(2-8-17)13-31-20-18(28-29-31)19(26-22(24)27-20)30-9-11-33-12-10-30/h1-8H,9-13H2,(H,25,32). The molecule has 33 heavy (non-hydrogen) atoms. The Kier molecular flexibility index (Phi) is 6.08. The predicted octanol–water partition coefficient (Wildman–Crippen LogP) is 3.67. The molecule has 0 unspecified atom stereocenters. The number of ether oxygens (including phenoxy) is 1. The third-order valence-electron chi connectivity index (χ3n) is 5.28. The monoisotopic (exact) mass is 483 g/mol. The summed E-state index contributed by atoms with van der Waals surface area (Å²) in [5, 5.41) is 12.2.